The van der Waals surface area contributed by atoms with Crippen molar-refractivity contribution in [2.45, 2.75) is 51.9 Å². The van der Waals surface area contributed by atoms with Gasteiger partial charge in [0.25, 0.3) is 0 Å². The van der Waals surface area contributed by atoms with Crippen LogP contribution in [0.2, 0.25) is 0 Å². The molecule has 2 rings (SSSR count). The van der Waals surface area contributed by atoms with E-state index in [-0.39, 0.29) is 11.7 Å². The van der Waals surface area contributed by atoms with E-state index in [1.165, 1.54) is 17.5 Å². The quantitative estimate of drug-likeness (QED) is 0.632. The average molecular weight is 206 g/mol. The van der Waals surface area contributed by atoms with Gasteiger partial charge in [-0.05, 0) is 46.9 Å². The molecule has 0 heterocycles. The molecule has 0 aromatic heterocycles. The van der Waals surface area contributed by atoms with Crippen LogP contribution in [0.15, 0.2) is 12.1 Å². The average Bonchev–Trinajstić information content (AvgIpc) is 2.41. The van der Waals surface area contributed by atoms with E-state index in [9.17, 15) is 4.39 Å². The smallest absolute Gasteiger partial charge is 0.126 e. The van der Waals surface area contributed by atoms with E-state index in [2.05, 4.69) is 27.7 Å². The third kappa shape index (κ3) is 1.58. The van der Waals surface area contributed by atoms with Crippen LogP contribution in [0.25, 0.3) is 0 Å². The standard InChI is InChI=1S/C14H19F/c1-8(2)13-12(15)6-5-11-9(3)7-10(4)14(11)13/h5-6,8-10H,7H2,1-4H3. The first-order valence-corrected chi connectivity index (χ1v) is 5.84. The predicted octanol–water partition coefficient (Wildman–Crippen LogP) is 4.56. The van der Waals surface area contributed by atoms with Crippen LogP contribution in [0.1, 0.15) is 68.6 Å². The summed E-state index contributed by atoms with van der Waals surface area (Å²) in [4.78, 5) is 0. The number of hydrogen-bond donors (Lipinski definition) is 0. The van der Waals surface area contributed by atoms with Crippen LogP contribution < -0.4 is 0 Å². The first kappa shape index (κ1) is 10.7. The topological polar surface area (TPSA) is 0 Å². The first-order chi connectivity index (χ1) is 7.02. The molecular formula is C14H19F. The minimum absolute atomic E-state index is 0.0234. The van der Waals surface area contributed by atoms with Gasteiger partial charge in [0, 0.05) is 0 Å². The minimum Gasteiger partial charge on any atom is -0.207 e. The molecule has 0 N–H and O–H groups in total. The molecule has 1 aliphatic carbocycles. The third-order valence-electron chi connectivity index (χ3n) is 3.58. The molecule has 0 saturated heterocycles. The maximum absolute atomic E-state index is 13.8. The van der Waals surface area contributed by atoms with E-state index >= 15 is 0 Å². The SMILES string of the molecule is CC(C)c1c(F)ccc2c1C(C)CC2C. The highest BCUT2D eigenvalue weighted by atomic mass is 19.1. The molecule has 0 nitrogen and oxygen atoms in total. The molecule has 0 spiro atoms. The van der Waals surface area contributed by atoms with Crippen molar-refractivity contribution in [2.75, 3.05) is 0 Å². The Hall–Kier alpha value is -0.850. The van der Waals surface area contributed by atoms with Crippen LogP contribution in [0.5, 0.6) is 0 Å². The van der Waals surface area contributed by atoms with Gasteiger partial charge in [-0.25, -0.2) is 4.39 Å². The molecule has 0 radical (unpaired) electrons. The van der Waals surface area contributed by atoms with Crippen molar-refractivity contribution >= 4 is 0 Å². The summed E-state index contributed by atoms with van der Waals surface area (Å²) in [5.74, 6) is 1.37. The Balaban J connectivity index is 2.65. The molecule has 0 saturated carbocycles. The Morgan fingerprint density at radius 2 is 1.87 bits per heavy atom. The molecule has 0 bridgehead atoms. The normalized spacial score (nSPS) is 24.7. The van der Waals surface area contributed by atoms with E-state index in [0.717, 1.165) is 5.56 Å². The van der Waals surface area contributed by atoms with Gasteiger partial charge in [0.2, 0.25) is 0 Å². The van der Waals surface area contributed by atoms with Gasteiger partial charge >= 0.3 is 0 Å². The summed E-state index contributed by atoms with van der Waals surface area (Å²) in [6, 6.07) is 3.62. The van der Waals surface area contributed by atoms with E-state index in [0.29, 0.717) is 11.8 Å². The zero-order chi connectivity index (χ0) is 11.2. The second kappa shape index (κ2) is 3.62. The van der Waals surface area contributed by atoms with Crippen molar-refractivity contribution in [2.24, 2.45) is 0 Å². The van der Waals surface area contributed by atoms with Crippen LogP contribution in [0, 0.1) is 5.82 Å². The lowest BCUT2D eigenvalue weighted by atomic mass is 9.90. The molecule has 1 heteroatoms. The molecular weight excluding hydrogens is 187 g/mol. The Bertz CT molecular complexity index is 379. The first-order valence-electron chi connectivity index (χ1n) is 5.84. The summed E-state index contributed by atoms with van der Waals surface area (Å²) < 4.78 is 13.8. The maximum atomic E-state index is 13.8. The molecule has 1 aromatic carbocycles. The minimum atomic E-state index is -0.0234. The van der Waals surface area contributed by atoms with E-state index in [1.54, 1.807) is 6.07 Å². The highest BCUT2D eigenvalue weighted by Gasteiger charge is 2.29. The molecule has 0 fully saturated rings. The Morgan fingerprint density at radius 1 is 1.20 bits per heavy atom. The highest BCUT2D eigenvalue weighted by molar-refractivity contribution is 5.45. The third-order valence-corrected chi connectivity index (χ3v) is 3.58. The highest BCUT2D eigenvalue weighted by Crippen LogP contribution is 2.45. The fraction of sp³-hybridized carbons (Fsp3) is 0.571. The van der Waals surface area contributed by atoms with E-state index < -0.39 is 0 Å². The summed E-state index contributed by atoms with van der Waals surface area (Å²) in [6.07, 6.45) is 1.17. The van der Waals surface area contributed by atoms with E-state index in [1.807, 2.05) is 6.07 Å². The van der Waals surface area contributed by atoms with Crippen molar-refractivity contribution in [3.8, 4) is 0 Å². The van der Waals surface area contributed by atoms with Crippen molar-refractivity contribution < 1.29 is 4.39 Å². The molecule has 15 heavy (non-hydrogen) atoms. The van der Waals surface area contributed by atoms with Gasteiger partial charge in [0.05, 0.1) is 0 Å². The van der Waals surface area contributed by atoms with Crippen LogP contribution >= 0.6 is 0 Å². The van der Waals surface area contributed by atoms with E-state index in [4.69, 9.17) is 0 Å². The summed E-state index contributed by atoms with van der Waals surface area (Å²) in [5, 5.41) is 0. The molecule has 1 aliphatic rings. The lowest BCUT2D eigenvalue weighted by Gasteiger charge is -2.16. The Labute approximate surface area is 91.5 Å². The Morgan fingerprint density at radius 3 is 2.47 bits per heavy atom. The fourth-order valence-corrected chi connectivity index (χ4v) is 2.97. The van der Waals surface area contributed by atoms with Gasteiger partial charge in [-0.2, -0.15) is 0 Å². The number of rotatable bonds is 1. The van der Waals surface area contributed by atoms with Gasteiger partial charge < -0.3 is 0 Å². The largest absolute Gasteiger partial charge is 0.207 e. The number of benzene rings is 1. The second-order valence-electron chi connectivity index (χ2n) is 5.16. The molecule has 2 atom stereocenters. The summed E-state index contributed by atoms with van der Waals surface area (Å²) in [7, 11) is 0. The zero-order valence-electron chi connectivity index (χ0n) is 9.97. The van der Waals surface area contributed by atoms with Crippen molar-refractivity contribution in [3.05, 3.63) is 34.6 Å². The predicted molar refractivity (Wildman–Crippen MR) is 61.9 cm³/mol. The Kier molecular flexibility index (Phi) is 2.57. The number of fused-ring (bicyclic) bond motifs is 1. The summed E-state index contributed by atoms with van der Waals surface area (Å²) in [5.41, 5.74) is 3.61. The van der Waals surface area contributed by atoms with Crippen LogP contribution in [0.4, 0.5) is 4.39 Å². The second-order valence-corrected chi connectivity index (χ2v) is 5.16. The maximum Gasteiger partial charge on any atom is 0.126 e. The van der Waals surface area contributed by atoms with Crippen molar-refractivity contribution in [3.63, 3.8) is 0 Å². The zero-order valence-corrected chi connectivity index (χ0v) is 9.97. The molecule has 82 valence electrons. The van der Waals surface area contributed by atoms with Gasteiger partial charge in [-0.3, -0.25) is 0 Å². The van der Waals surface area contributed by atoms with Crippen LogP contribution in [0.3, 0.4) is 0 Å². The van der Waals surface area contributed by atoms with Crippen LogP contribution in [-0.4, -0.2) is 0 Å². The van der Waals surface area contributed by atoms with Gasteiger partial charge in [0.15, 0.2) is 0 Å². The van der Waals surface area contributed by atoms with Crippen LogP contribution in [-0.2, 0) is 0 Å². The number of halogens is 1. The monoisotopic (exact) mass is 206 g/mol. The lowest BCUT2D eigenvalue weighted by Crippen LogP contribution is -2.02. The van der Waals surface area contributed by atoms with Gasteiger partial charge in [-0.1, -0.05) is 33.8 Å². The van der Waals surface area contributed by atoms with Crippen molar-refractivity contribution in [1.29, 1.82) is 0 Å². The number of hydrogen-bond acceptors (Lipinski definition) is 0. The fourth-order valence-electron chi connectivity index (χ4n) is 2.97. The molecule has 1 aromatic rings. The van der Waals surface area contributed by atoms with Crippen molar-refractivity contribution in [1.82, 2.24) is 0 Å². The summed E-state index contributed by atoms with van der Waals surface area (Å²) in [6.45, 7) is 8.61. The van der Waals surface area contributed by atoms with Gasteiger partial charge in [0.1, 0.15) is 5.82 Å². The van der Waals surface area contributed by atoms with Gasteiger partial charge in [-0.15, -0.1) is 0 Å². The molecule has 2 unspecified atom stereocenters. The molecule has 0 aliphatic heterocycles. The molecule has 0 amide bonds. The summed E-state index contributed by atoms with van der Waals surface area (Å²) >= 11 is 0. The lowest BCUT2D eigenvalue weighted by molar-refractivity contribution is 0.589.